The van der Waals surface area contributed by atoms with Gasteiger partial charge in [0.1, 0.15) is 5.75 Å². The number of tetrazole rings is 1. The van der Waals surface area contributed by atoms with Gasteiger partial charge < -0.3 is 4.43 Å². The van der Waals surface area contributed by atoms with Crippen LogP contribution in [-0.4, -0.2) is 36.9 Å². The molecular formula is C23H32N4O3SSi. The van der Waals surface area contributed by atoms with E-state index in [1.807, 2.05) is 30.3 Å². The zero-order valence-corrected chi connectivity index (χ0v) is 21.4. The molecule has 0 atom stereocenters. The fourth-order valence-electron chi connectivity index (χ4n) is 4.60. The molecule has 0 saturated carbocycles. The van der Waals surface area contributed by atoms with Gasteiger partial charge in [0.25, 0.3) is 13.5 Å². The fraction of sp³-hybridized carbons (Fsp3) is 0.435. The summed E-state index contributed by atoms with van der Waals surface area (Å²) in [6, 6.07) is 16.3. The second-order valence-corrected chi connectivity index (χ2v) is 16.3. The van der Waals surface area contributed by atoms with Crippen LogP contribution in [-0.2, 0) is 15.6 Å². The number of hydrogen-bond acceptors (Lipinski definition) is 6. The topological polar surface area (TPSA) is 87.0 Å². The molecule has 3 rings (SSSR count). The quantitative estimate of drug-likeness (QED) is 0.398. The molecule has 0 saturated heterocycles. The van der Waals surface area contributed by atoms with Gasteiger partial charge in [-0.1, -0.05) is 77.0 Å². The van der Waals surface area contributed by atoms with Gasteiger partial charge in [0.15, 0.2) is 0 Å². The summed E-state index contributed by atoms with van der Waals surface area (Å²) in [6.07, 6.45) is 0. The van der Waals surface area contributed by atoms with E-state index in [4.69, 9.17) is 4.43 Å². The van der Waals surface area contributed by atoms with Gasteiger partial charge >= 0.3 is 0 Å². The molecule has 9 heteroatoms. The molecule has 2 aromatic carbocycles. The average molecular weight is 473 g/mol. The number of para-hydroxylation sites is 1. The zero-order chi connectivity index (χ0) is 23.5. The third-order valence-corrected chi connectivity index (χ3v) is 13.5. The number of rotatable bonds is 9. The van der Waals surface area contributed by atoms with Gasteiger partial charge in [-0.3, -0.25) is 0 Å². The summed E-state index contributed by atoms with van der Waals surface area (Å²) in [6.45, 7) is 13.4. The highest BCUT2D eigenvalue weighted by atomic mass is 32.2. The summed E-state index contributed by atoms with van der Waals surface area (Å²) >= 11 is 0. The fourth-order valence-corrected chi connectivity index (χ4v) is 11.2. The van der Waals surface area contributed by atoms with E-state index < -0.39 is 18.2 Å². The average Bonchev–Trinajstić information content (AvgIpc) is 3.24. The lowest BCUT2D eigenvalue weighted by atomic mass is 10.2. The van der Waals surface area contributed by atoms with Crippen LogP contribution in [0.25, 0.3) is 5.69 Å². The molecule has 0 aliphatic carbocycles. The third-order valence-electron chi connectivity index (χ3n) is 6.00. The first kappa shape index (κ1) is 24.1. The smallest absolute Gasteiger partial charge is 0.272 e. The molecule has 0 unspecified atom stereocenters. The van der Waals surface area contributed by atoms with Crippen LogP contribution in [0.4, 0.5) is 0 Å². The van der Waals surface area contributed by atoms with Crippen molar-refractivity contribution >= 4 is 18.2 Å². The van der Waals surface area contributed by atoms with Crippen LogP contribution < -0.4 is 4.43 Å². The number of sulfone groups is 1. The number of hydrogen-bond donors (Lipinski definition) is 0. The Labute approximate surface area is 191 Å². The lowest BCUT2D eigenvalue weighted by Crippen LogP contribution is -2.50. The van der Waals surface area contributed by atoms with Gasteiger partial charge in [0.05, 0.1) is 11.4 Å². The minimum absolute atomic E-state index is 0.171. The maximum Gasteiger partial charge on any atom is 0.272 e. The van der Waals surface area contributed by atoms with Gasteiger partial charge in [0, 0.05) is 0 Å². The maximum absolute atomic E-state index is 13.1. The molecule has 0 spiro atoms. The van der Waals surface area contributed by atoms with Crippen LogP contribution in [0.15, 0.2) is 59.8 Å². The third kappa shape index (κ3) is 4.78. The van der Waals surface area contributed by atoms with E-state index in [1.54, 1.807) is 24.3 Å². The molecule has 0 amide bonds. The van der Waals surface area contributed by atoms with Gasteiger partial charge in [-0.05, 0) is 56.9 Å². The van der Waals surface area contributed by atoms with Crippen molar-refractivity contribution in [3.63, 3.8) is 0 Å². The Morgan fingerprint density at radius 2 is 1.44 bits per heavy atom. The molecule has 32 heavy (non-hydrogen) atoms. The SMILES string of the molecule is CC(C)[Si](Oc1ccc(CS(=O)(=O)c2nnnn2-c2ccccc2)cc1)(C(C)C)C(C)C. The molecule has 3 aromatic rings. The van der Waals surface area contributed by atoms with E-state index in [2.05, 4.69) is 57.1 Å². The van der Waals surface area contributed by atoms with Crippen LogP contribution >= 0.6 is 0 Å². The summed E-state index contributed by atoms with van der Waals surface area (Å²) in [5.41, 5.74) is 2.63. The molecule has 1 heterocycles. The first-order valence-electron chi connectivity index (χ1n) is 10.9. The Hall–Kier alpha value is -2.52. The van der Waals surface area contributed by atoms with Crippen LogP contribution in [0.3, 0.4) is 0 Å². The highest BCUT2D eigenvalue weighted by Crippen LogP contribution is 2.42. The standard InChI is InChI=1S/C23H32N4O3SSi/c1-17(2)32(18(3)4,19(5)6)30-22-14-12-20(13-15-22)16-31(28,29)23-24-25-26-27(23)21-10-8-7-9-11-21/h7-15,17-19H,16H2,1-6H3. The number of aromatic nitrogens is 4. The largest absolute Gasteiger partial charge is 0.543 e. The second kappa shape index (κ2) is 9.54. The van der Waals surface area contributed by atoms with Crippen LogP contribution in [0.1, 0.15) is 47.1 Å². The first-order chi connectivity index (χ1) is 15.1. The Kier molecular flexibility index (Phi) is 7.19. The molecule has 0 aliphatic heterocycles. The van der Waals surface area contributed by atoms with E-state index in [1.165, 1.54) is 4.68 Å². The highest BCUT2D eigenvalue weighted by molar-refractivity contribution is 7.90. The minimum atomic E-state index is -3.74. The van der Waals surface area contributed by atoms with E-state index in [0.29, 0.717) is 27.9 Å². The van der Waals surface area contributed by atoms with Gasteiger partial charge in [-0.2, -0.15) is 4.68 Å². The van der Waals surface area contributed by atoms with Crippen LogP contribution in [0.5, 0.6) is 5.75 Å². The highest BCUT2D eigenvalue weighted by Gasteiger charge is 2.46. The maximum atomic E-state index is 13.1. The van der Waals surface area contributed by atoms with Gasteiger partial charge in [0.2, 0.25) is 9.84 Å². The van der Waals surface area contributed by atoms with Gasteiger partial charge in [-0.15, -0.1) is 0 Å². The summed E-state index contributed by atoms with van der Waals surface area (Å²) < 4.78 is 34.0. The van der Waals surface area contributed by atoms with Crippen molar-refractivity contribution in [2.75, 3.05) is 0 Å². The minimum Gasteiger partial charge on any atom is -0.543 e. The van der Waals surface area contributed by atoms with Crippen molar-refractivity contribution in [1.29, 1.82) is 0 Å². The molecule has 7 nitrogen and oxygen atoms in total. The Bertz CT molecular complexity index is 1110. The summed E-state index contributed by atoms with van der Waals surface area (Å²) in [5, 5.41) is 11.0. The lowest BCUT2D eigenvalue weighted by Gasteiger charge is -2.42. The van der Waals surface area contributed by atoms with E-state index >= 15 is 0 Å². The lowest BCUT2D eigenvalue weighted by molar-refractivity contribution is 0.479. The van der Waals surface area contributed by atoms with Crippen LogP contribution in [0, 0.1) is 0 Å². The van der Waals surface area contributed by atoms with Crippen molar-refractivity contribution in [2.24, 2.45) is 0 Å². The summed E-state index contributed by atoms with van der Waals surface area (Å²) in [7, 11) is -5.81. The number of nitrogens with zero attached hydrogens (tertiary/aromatic N) is 4. The Balaban J connectivity index is 1.83. The predicted octanol–water partition coefficient (Wildman–Crippen LogP) is 5.19. The molecule has 0 N–H and O–H groups in total. The van der Waals surface area contributed by atoms with Gasteiger partial charge in [-0.25, -0.2) is 8.42 Å². The van der Waals surface area contributed by atoms with E-state index in [0.717, 1.165) is 5.75 Å². The molecule has 0 fully saturated rings. The predicted molar refractivity (Wildman–Crippen MR) is 128 cm³/mol. The molecule has 172 valence electrons. The molecule has 0 bridgehead atoms. The summed E-state index contributed by atoms with van der Waals surface area (Å²) in [4.78, 5) is 0. The first-order valence-corrected chi connectivity index (χ1v) is 14.7. The molecule has 1 aromatic heterocycles. The monoisotopic (exact) mass is 472 g/mol. The number of benzene rings is 2. The molecule has 0 radical (unpaired) electrons. The van der Waals surface area contributed by atoms with Crippen molar-refractivity contribution < 1.29 is 12.8 Å². The second-order valence-electron chi connectivity index (χ2n) is 9.03. The normalized spacial score (nSPS) is 12.7. The van der Waals surface area contributed by atoms with Crippen molar-refractivity contribution in [1.82, 2.24) is 20.2 Å². The molecular weight excluding hydrogens is 440 g/mol. The van der Waals surface area contributed by atoms with Crippen LogP contribution in [0.2, 0.25) is 16.6 Å². The van der Waals surface area contributed by atoms with Crippen molar-refractivity contribution in [3.05, 3.63) is 60.2 Å². The van der Waals surface area contributed by atoms with E-state index in [9.17, 15) is 8.42 Å². The van der Waals surface area contributed by atoms with Crippen molar-refractivity contribution in [3.8, 4) is 11.4 Å². The zero-order valence-electron chi connectivity index (χ0n) is 19.6. The van der Waals surface area contributed by atoms with E-state index in [-0.39, 0.29) is 10.9 Å². The summed E-state index contributed by atoms with van der Waals surface area (Å²) in [5.74, 6) is 0.602. The Morgan fingerprint density at radius 1 is 0.875 bits per heavy atom. The Morgan fingerprint density at radius 3 is 1.97 bits per heavy atom. The molecule has 0 aliphatic rings. The van der Waals surface area contributed by atoms with Crippen molar-refractivity contribution in [2.45, 2.75) is 69.1 Å².